The molecule has 1 N–H and O–H groups in total. The minimum atomic E-state index is -1.03. The van der Waals surface area contributed by atoms with Gasteiger partial charge < -0.3 is 19.5 Å². The molecular weight excluding hydrogens is 360 g/mol. The van der Waals surface area contributed by atoms with E-state index in [2.05, 4.69) is 11.9 Å². The molecule has 28 heavy (non-hydrogen) atoms. The number of aromatic carboxylic acids is 1. The van der Waals surface area contributed by atoms with Crippen LogP contribution in [0.1, 0.15) is 69.4 Å². The van der Waals surface area contributed by atoms with Crippen molar-refractivity contribution in [2.24, 2.45) is 5.92 Å². The Hall–Kier alpha value is -2.31. The summed E-state index contributed by atoms with van der Waals surface area (Å²) >= 11 is 0. The van der Waals surface area contributed by atoms with Crippen molar-refractivity contribution in [2.45, 2.75) is 72.0 Å². The van der Waals surface area contributed by atoms with Gasteiger partial charge in [0.25, 0.3) is 0 Å². The Balaban J connectivity index is 2.06. The maximum atomic E-state index is 12.3. The maximum absolute atomic E-state index is 12.3. The molecule has 1 amide bonds. The lowest BCUT2D eigenvalue weighted by Gasteiger charge is -2.36. The van der Waals surface area contributed by atoms with Crippen LogP contribution in [0.25, 0.3) is 0 Å². The molecule has 7 heteroatoms. The first-order valence-corrected chi connectivity index (χ1v) is 9.95. The van der Waals surface area contributed by atoms with Crippen molar-refractivity contribution in [1.29, 1.82) is 0 Å². The Morgan fingerprint density at radius 1 is 1.32 bits per heavy atom. The number of rotatable bonds is 6. The molecule has 0 saturated carbocycles. The summed E-state index contributed by atoms with van der Waals surface area (Å²) in [6.45, 7) is 10.6. The second-order valence-electron chi connectivity index (χ2n) is 8.32. The first-order valence-electron chi connectivity index (χ1n) is 9.95. The third-order valence-electron chi connectivity index (χ3n) is 4.88. The van der Waals surface area contributed by atoms with Gasteiger partial charge in [0.1, 0.15) is 23.0 Å². The van der Waals surface area contributed by atoms with Gasteiger partial charge in [-0.05, 0) is 58.9 Å². The lowest BCUT2D eigenvalue weighted by Crippen LogP contribution is -2.44. The maximum Gasteiger partial charge on any atom is 0.410 e. The van der Waals surface area contributed by atoms with E-state index in [4.69, 9.17) is 9.47 Å². The SMILES string of the molecule is CCCC(Oc1ccnc(C)c1C(=O)O)C1CCN(C(=O)OC(C)(C)C)CC1. The molecule has 0 radical (unpaired) electrons. The van der Waals surface area contributed by atoms with Crippen molar-refractivity contribution in [1.82, 2.24) is 9.88 Å². The molecule has 2 heterocycles. The Labute approximate surface area is 167 Å². The molecule has 1 aromatic heterocycles. The summed E-state index contributed by atoms with van der Waals surface area (Å²) < 4.78 is 11.6. The van der Waals surface area contributed by atoms with Gasteiger partial charge in [-0.2, -0.15) is 0 Å². The number of carboxylic acid groups (broad SMARTS) is 1. The molecule has 1 aliphatic rings. The summed E-state index contributed by atoms with van der Waals surface area (Å²) in [6, 6.07) is 1.62. The fraction of sp³-hybridized carbons (Fsp3) is 0.667. The zero-order valence-electron chi connectivity index (χ0n) is 17.5. The first-order chi connectivity index (χ1) is 13.1. The van der Waals surface area contributed by atoms with E-state index in [-0.39, 0.29) is 23.7 Å². The minimum absolute atomic E-state index is 0.0920. The Kier molecular flexibility index (Phi) is 7.27. The number of carbonyl (C=O) groups excluding carboxylic acids is 1. The number of hydrogen-bond acceptors (Lipinski definition) is 5. The molecule has 2 rings (SSSR count). The molecule has 0 spiro atoms. The average Bonchev–Trinajstić information content (AvgIpc) is 2.60. The highest BCUT2D eigenvalue weighted by Crippen LogP contribution is 2.30. The van der Waals surface area contributed by atoms with E-state index in [9.17, 15) is 14.7 Å². The van der Waals surface area contributed by atoms with Crippen molar-refractivity contribution >= 4 is 12.1 Å². The van der Waals surface area contributed by atoms with Gasteiger partial charge in [0.2, 0.25) is 0 Å². The van der Waals surface area contributed by atoms with Crippen LogP contribution in [0.4, 0.5) is 4.79 Å². The van der Waals surface area contributed by atoms with Gasteiger partial charge in [0.15, 0.2) is 0 Å². The Morgan fingerprint density at radius 3 is 2.50 bits per heavy atom. The molecule has 1 aliphatic heterocycles. The molecule has 1 aromatic rings. The number of aromatic nitrogens is 1. The van der Waals surface area contributed by atoms with Crippen molar-refractivity contribution in [3.8, 4) is 5.75 Å². The predicted octanol–water partition coefficient (Wildman–Crippen LogP) is 4.28. The molecule has 1 fully saturated rings. The smallest absolute Gasteiger partial charge is 0.410 e. The molecule has 0 aliphatic carbocycles. The fourth-order valence-electron chi connectivity index (χ4n) is 3.52. The summed E-state index contributed by atoms with van der Waals surface area (Å²) in [5.41, 5.74) is 0.0589. The van der Waals surface area contributed by atoms with E-state index in [1.807, 2.05) is 20.8 Å². The number of aryl methyl sites for hydroxylation is 1. The molecular formula is C21H32N2O5. The zero-order valence-corrected chi connectivity index (χ0v) is 17.5. The standard InChI is InChI=1S/C21H32N2O5/c1-6-7-16(27-17-8-11-22-14(2)18(17)19(24)25)15-9-12-23(13-10-15)20(26)28-21(3,4)5/h8,11,15-16H,6-7,9-10,12-13H2,1-5H3,(H,24,25). The van der Waals surface area contributed by atoms with Crippen LogP contribution in [0.5, 0.6) is 5.75 Å². The van der Waals surface area contributed by atoms with Crippen molar-refractivity contribution in [2.75, 3.05) is 13.1 Å². The summed E-state index contributed by atoms with van der Waals surface area (Å²) in [7, 11) is 0. The molecule has 1 unspecified atom stereocenters. The number of ether oxygens (including phenoxy) is 2. The van der Waals surface area contributed by atoms with Crippen molar-refractivity contribution < 1.29 is 24.2 Å². The summed E-state index contributed by atoms with van der Waals surface area (Å²) in [5, 5.41) is 9.51. The summed E-state index contributed by atoms with van der Waals surface area (Å²) in [6.07, 6.45) is 4.57. The largest absolute Gasteiger partial charge is 0.489 e. The summed E-state index contributed by atoms with van der Waals surface area (Å²) in [4.78, 5) is 29.7. The number of nitrogens with zero attached hydrogens (tertiary/aromatic N) is 2. The van der Waals surface area contributed by atoms with Gasteiger partial charge in [-0.25, -0.2) is 9.59 Å². The van der Waals surface area contributed by atoms with Crippen LogP contribution in [0.3, 0.4) is 0 Å². The summed E-state index contributed by atoms with van der Waals surface area (Å²) in [5.74, 6) is -0.405. The molecule has 0 bridgehead atoms. The van der Waals surface area contributed by atoms with Crippen LogP contribution in [0.15, 0.2) is 12.3 Å². The fourth-order valence-corrected chi connectivity index (χ4v) is 3.52. The van der Waals surface area contributed by atoms with Crippen LogP contribution in [-0.4, -0.2) is 51.8 Å². The average molecular weight is 392 g/mol. The van der Waals surface area contributed by atoms with E-state index in [0.29, 0.717) is 24.5 Å². The Bertz CT molecular complexity index is 691. The third kappa shape index (κ3) is 5.84. The number of pyridine rings is 1. The Morgan fingerprint density at radius 2 is 1.96 bits per heavy atom. The van der Waals surface area contributed by atoms with Gasteiger partial charge in [0, 0.05) is 19.3 Å². The second kappa shape index (κ2) is 9.26. The third-order valence-corrected chi connectivity index (χ3v) is 4.88. The predicted molar refractivity (Wildman–Crippen MR) is 106 cm³/mol. The van der Waals surface area contributed by atoms with E-state index < -0.39 is 11.6 Å². The lowest BCUT2D eigenvalue weighted by molar-refractivity contribution is 0.00972. The van der Waals surface area contributed by atoms with E-state index in [1.165, 1.54) is 0 Å². The number of piperidine rings is 1. The molecule has 0 aromatic carbocycles. The van der Waals surface area contributed by atoms with Crippen LogP contribution < -0.4 is 4.74 Å². The highest BCUT2D eigenvalue weighted by Gasteiger charge is 2.32. The van der Waals surface area contributed by atoms with Crippen molar-refractivity contribution in [3.63, 3.8) is 0 Å². The lowest BCUT2D eigenvalue weighted by atomic mass is 9.89. The molecule has 1 saturated heterocycles. The monoisotopic (exact) mass is 392 g/mol. The first kappa shape index (κ1) is 22.0. The normalized spacial score (nSPS) is 16.5. The van der Waals surface area contributed by atoms with Gasteiger partial charge in [-0.1, -0.05) is 13.3 Å². The number of likely N-dealkylation sites (tertiary alicyclic amines) is 1. The van der Waals surface area contributed by atoms with Crippen LogP contribution in [0.2, 0.25) is 0 Å². The van der Waals surface area contributed by atoms with Crippen LogP contribution in [0, 0.1) is 12.8 Å². The quantitative estimate of drug-likeness (QED) is 0.777. The van der Waals surface area contributed by atoms with Gasteiger partial charge in [-0.3, -0.25) is 4.98 Å². The highest BCUT2D eigenvalue weighted by atomic mass is 16.6. The van der Waals surface area contributed by atoms with E-state index in [1.54, 1.807) is 24.1 Å². The molecule has 1 atom stereocenters. The van der Waals surface area contributed by atoms with E-state index >= 15 is 0 Å². The highest BCUT2D eigenvalue weighted by molar-refractivity contribution is 5.91. The van der Waals surface area contributed by atoms with E-state index in [0.717, 1.165) is 25.7 Å². The molecule has 7 nitrogen and oxygen atoms in total. The minimum Gasteiger partial charge on any atom is -0.489 e. The number of carboxylic acids is 1. The van der Waals surface area contributed by atoms with Gasteiger partial charge in [-0.15, -0.1) is 0 Å². The number of hydrogen-bond donors (Lipinski definition) is 1. The van der Waals surface area contributed by atoms with Crippen molar-refractivity contribution in [3.05, 3.63) is 23.5 Å². The number of amides is 1. The van der Waals surface area contributed by atoms with Crippen LogP contribution >= 0.6 is 0 Å². The van der Waals surface area contributed by atoms with Gasteiger partial charge >= 0.3 is 12.1 Å². The molecule has 156 valence electrons. The second-order valence-corrected chi connectivity index (χ2v) is 8.32. The van der Waals surface area contributed by atoms with Crippen LogP contribution in [-0.2, 0) is 4.74 Å². The topological polar surface area (TPSA) is 89.0 Å². The van der Waals surface area contributed by atoms with Gasteiger partial charge in [0.05, 0.1) is 5.69 Å². The zero-order chi connectivity index (χ0) is 20.9. The number of carbonyl (C=O) groups is 2.